The Labute approximate surface area is 146 Å². The largest absolute Gasteiger partial charge is 0.355 e. The van der Waals surface area contributed by atoms with Gasteiger partial charge in [-0.3, -0.25) is 9.79 Å². The predicted molar refractivity (Wildman–Crippen MR) is 98.6 cm³/mol. The van der Waals surface area contributed by atoms with Gasteiger partial charge in [-0.05, 0) is 19.4 Å². The summed E-state index contributed by atoms with van der Waals surface area (Å²) < 4.78 is 0. The summed E-state index contributed by atoms with van der Waals surface area (Å²) in [5.74, 6) is 0.624. The third-order valence-electron chi connectivity index (χ3n) is 3.42. The number of rotatable bonds is 6. The van der Waals surface area contributed by atoms with E-state index < -0.39 is 0 Å². The van der Waals surface area contributed by atoms with Crippen LogP contribution < -0.4 is 16.0 Å². The smallest absolute Gasteiger partial charge is 0.263 e. The van der Waals surface area contributed by atoms with Crippen LogP contribution in [-0.2, 0) is 6.54 Å². The van der Waals surface area contributed by atoms with Crippen LogP contribution in [0, 0.1) is 13.8 Å². The Morgan fingerprint density at radius 1 is 1.21 bits per heavy atom. The second-order valence-electron chi connectivity index (χ2n) is 5.36. The monoisotopic (exact) mass is 345 g/mol. The standard InChI is InChI=1S/C17H23N5OS/c1-12-5-4-6-14(9-12)10-21-17(18-3)20-8-7-19-16(23)15-13(2)22-11-24-15/h4-6,9,11H,7-8,10H2,1-3H3,(H,19,23)(H2,18,20,21). The molecule has 0 aliphatic carbocycles. The topological polar surface area (TPSA) is 78.4 Å². The molecule has 128 valence electrons. The van der Waals surface area contributed by atoms with E-state index in [1.807, 2.05) is 13.0 Å². The number of guanidine groups is 1. The minimum atomic E-state index is -0.0838. The number of benzene rings is 1. The highest BCUT2D eigenvalue weighted by Gasteiger charge is 2.10. The molecule has 0 aliphatic rings. The third-order valence-corrected chi connectivity index (χ3v) is 4.35. The summed E-state index contributed by atoms with van der Waals surface area (Å²) >= 11 is 1.35. The quantitative estimate of drug-likeness (QED) is 0.424. The Kier molecular flexibility index (Phi) is 6.74. The number of hydrogen-bond donors (Lipinski definition) is 3. The molecular formula is C17H23N5OS. The van der Waals surface area contributed by atoms with E-state index in [9.17, 15) is 4.79 Å². The van der Waals surface area contributed by atoms with E-state index in [0.717, 1.165) is 5.69 Å². The van der Waals surface area contributed by atoms with Gasteiger partial charge in [0.1, 0.15) is 4.88 Å². The average molecular weight is 345 g/mol. The number of thiazole rings is 1. The fourth-order valence-corrected chi connectivity index (χ4v) is 2.90. The second kappa shape index (κ2) is 9.02. The summed E-state index contributed by atoms with van der Waals surface area (Å²) in [4.78, 5) is 20.9. The first-order valence-electron chi connectivity index (χ1n) is 7.78. The Morgan fingerprint density at radius 3 is 2.67 bits per heavy atom. The van der Waals surface area contributed by atoms with Crippen LogP contribution in [0.15, 0.2) is 34.8 Å². The molecule has 2 rings (SSSR count). The van der Waals surface area contributed by atoms with Crippen molar-refractivity contribution in [2.24, 2.45) is 4.99 Å². The highest BCUT2D eigenvalue weighted by molar-refractivity contribution is 7.11. The molecule has 0 saturated heterocycles. The van der Waals surface area contributed by atoms with E-state index >= 15 is 0 Å². The van der Waals surface area contributed by atoms with Gasteiger partial charge in [-0.2, -0.15) is 0 Å². The van der Waals surface area contributed by atoms with Gasteiger partial charge in [0.25, 0.3) is 5.91 Å². The lowest BCUT2D eigenvalue weighted by molar-refractivity contribution is 0.0957. The van der Waals surface area contributed by atoms with E-state index in [-0.39, 0.29) is 5.91 Å². The minimum Gasteiger partial charge on any atom is -0.355 e. The summed E-state index contributed by atoms with van der Waals surface area (Å²) in [6.45, 7) is 5.72. The van der Waals surface area contributed by atoms with Gasteiger partial charge in [-0.15, -0.1) is 11.3 Å². The van der Waals surface area contributed by atoms with Crippen LogP contribution in [0.1, 0.15) is 26.5 Å². The van der Waals surface area contributed by atoms with Gasteiger partial charge in [0.2, 0.25) is 0 Å². The molecule has 1 heterocycles. The van der Waals surface area contributed by atoms with Gasteiger partial charge in [-0.1, -0.05) is 29.8 Å². The zero-order valence-corrected chi connectivity index (χ0v) is 15.0. The summed E-state index contributed by atoms with van der Waals surface area (Å²) in [7, 11) is 1.73. The molecule has 0 radical (unpaired) electrons. The summed E-state index contributed by atoms with van der Waals surface area (Å²) in [6.07, 6.45) is 0. The fraction of sp³-hybridized carbons (Fsp3) is 0.353. The summed E-state index contributed by atoms with van der Waals surface area (Å²) in [5, 5.41) is 9.31. The van der Waals surface area contributed by atoms with E-state index in [1.54, 1.807) is 12.6 Å². The summed E-state index contributed by atoms with van der Waals surface area (Å²) in [5.41, 5.74) is 4.88. The number of carbonyl (C=O) groups is 1. The van der Waals surface area contributed by atoms with Crippen LogP contribution in [0.4, 0.5) is 0 Å². The molecule has 0 unspecified atom stereocenters. The van der Waals surface area contributed by atoms with Gasteiger partial charge in [-0.25, -0.2) is 4.98 Å². The number of amides is 1. The van der Waals surface area contributed by atoms with Crippen LogP contribution in [0.5, 0.6) is 0 Å². The van der Waals surface area contributed by atoms with Crippen LogP contribution in [-0.4, -0.2) is 37.0 Å². The lowest BCUT2D eigenvalue weighted by atomic mass is 10.1. The maximum Gasteiger partial charge on any atom is 0.263 e. The molecule has 1 amide bonds. The number of aromatic nitrogens is 1. The van der Waals surface area contributed by atoms with Crippen molar-refractivity contribution in [1.82, 2.24) is 20.9 Å². The molecule has 0 spiro atoms. The van der Waals surface area contributed by atoms with E-state index in [1.165, 1.54) is 22.5 Å². The molecule has 6 nitrogen and oxygen atoms in total. The van der Waals surface area contributed by atoms with Crippen LogP contribution in [0.3, 0.4) is 0 Å². The SMILES string of the molecule is CN=C(NCCNC(=O)c1scnc1C)NCc1cccc(C)c1. The van der Waals surface area contributed by atoms with Crippen LogP contribution in [0.25, 0.3) is 0 Å². The number of nitrogens with zero attached hydrogens (tertiary/aromatic N) is 2. The molecule has 0 bridgehead atoms. The molecular weight excluding hydrogens is 322 g/mol. The van der Waals surface area contributed by atoms with E-state index in [2.05, 4.69) is 51.0 Å². The van der Waals surface area contributed by atoms with Crippen molar-refractivity contribution >= 4 is 23.2 Å². The Hall–Kier alpha value is -2.41. The molecule has 7 heteroatoms. The molecule has 0 aliphatic heterocycles. The zero-order chi connectivity index (χ0) is 17.4. The Morgan fingerprint density at radius 2 is 2.00 bits per heavy atom. The fourth-order valence-electron chi connectivity index (χ4n) is 2.19. The van der Waals surface area contributed by atoms with Gasteiger partial charge in [0.15, 0.2) is 5.96 Å². The normalized spacial score (nSPS) is 11.2. The van der Waals surface area contributed by atoms with Crippen molar-refractivity contribution in [2.45, 2.75) is 20.4 Å². The van der Waals surface area contributed by atoms with Gasteiger partial charge in [0, 0.05) is 26.7 Å². The van der Waals surface area contributed by atoms with Gasteiger partial charge >= 0.3 is 0 Å². The third kappa shape index (κ3) is 5.34. The lowest BCUT2D eigenvalue weighted by Crippen LogP contribution is -2.41. The highest BCUT2D eigenvalue weighted by Crippen LogP contribution is 2.11. The first-order chi connectivity index (χ1) is 11.6. The lowest BCUT2D eigenvalue weighted by Gasteiger charge is -2.12. The molecule has 3 N–H and O–H groups in total. The van der Waals surface area contributed by atoms with Crippen molar-refractivity contribution in [3.05, 3.63) is 51.5 Å². The van der Waals surface area contributed by atoms with Gasteiger partial charge in [0.05, 0.1) is 11.2 Å². The van der Waals surface area contributed by atoms with Crippen LogP contribution in [0.2, 0.25) is 0 Å². The maximum atomic E-state index is 12.0. The van der Waals surface area contributed by atoms with Crippen molar-refractivity contribution in [2.75, 3.05) is 20.1 Å². The first-order valence-corrected chi connectivity index (χ1v) is 8.66. The van der Waals surface area contributed by atoms with E-state index in [4.69, 9.17) is 0 Å². The van der Waals surface area contributed by atoms with Crippen LogP contribution >= 0.6 is 11.3 Å². The Balaban J connectivity index is 1.70. The Bertz CT molecular complexity index is 711. The number of aliphatic imine (C=N–C) groups is 1. The summed E-state index contributed by atoms with van der Waals surface area (Å²) in [6, 6.07) is 8.33. The molecule has 1 aromatic heterocycles. The number of hydrogen-bond acceptors (Lipinski definition) is 4. The molecule has 24 heavy (non-hydrogen) atoms. The van der Waals surface area contributed by atoms with Crippen molar-refractivity contribution < 1.29 is 4.79 Å². The van der Waals surface area contributed by atoms with Crippen molar-refractivity contribution in [3.8, 4) is 0 Å². The number of aryl methyl sites for hydroxylation is 2. The molecule has 0 atom stereocenters. The molecule has 0 saturated carbocycles. The van der Waals surface area contributed by atoms with Crippen molar-refractivity contribution in [1.29, 1.82) is 0 Å². The average Bonchev–Trinajstić information content (AvgIpc) is 3.00. The zero-order valence-electron chi connectivity index (χ0n) is 14.2. The first kappa shape index (κ1) is 17.9. The molecule has 1 aromatic carbocycles. The molecule has 2 aromatic rings. The minimum absolute atomic E-state index is 0.0838. The van der Waals surface area contributed by atoms with E-state index in [0.29, 0.717) is 30.5 Å². The second-order valence-corrected chi connectivity index (χ2v) is 6.22. The van der Waals surface area contributed by atoms with Crippen molar-refractivity contribution in [3.63, 3.8) is 0 Å². The van der Waals surface area contributed by atoms with Gasteiger partial charge < -0.3 is 16.0 Å². The maximum absolute atomic E-state index is 12.0. The molecule has 0 fully saturated rings. The number of carbonyl (C=O) groups excluding carboxylic acids is 1. The number of nitrogens with one attached hydrogen (secondary N) is 3. The predicted octanol–water partition coefficient (Wildman–Crippen LogP) is 1.85. The highest BCUT2D eigenvalue weighted by atomic mass is 32.1.